The van der Waals surface area contributed by atoms with E-state index in [2.05, 4.69) is 15.3 Å². The molecule has 6 heteroatoms. The zero-order valence-corrected chi connectivity index (χ0v) is 12.5. The van der Waals surface area contributed by atoms with E-state index < -0.39 is 0 Å². The van der Waals surface area contributed by atoms with E-state index in [-0.39, 0.29) is 5.69 Å². The summed E-state index contributed by atoms with van der Waals surface area (Å²) in [5.41, 5.74) is 2.13. The molecule has 0 fully saturated rings. The Hall–Kier alpha value is -2.49. The minimum absolute atomic E-state index is 0.265. The molecule has 2 rings (SSSR count). The summed E-state index contributed by atoms with van der Waals surface area (Å²) in [6, 6.07) is 9.77. The number of benzene rings is 1. The van der Waals surface area contributed by atoms with Crippen LogP contribution < -0.4 is 5.32 Å². The van der Waals surface area contributed by atoms with Gasteiger partial charge in [-0.3, -0.25) is 0 Å². The maximum absolute atomic E-state index is 9.01. The molecule has 0 radical (unpaired) electrons. The standard InChI is InChI=1S/C16H18N4O2/c1-2-21-8-9-22-12-13-4-3-5-14(10-13)20-16-15(11-17)18-6-7-19-16/h3-7,10H,2,8-9,12H2,1H3,(H,19,20). The van der Waals surface area contributed by atoms with Crippen molar-refractivity contribution in [3.8, 4) is 6.07 Å². The molecule has 1 aromatic heterocycles. The molecule has 6 nitrogen and oxygen atoms in total. The average molecular weight is 298 g/mol. The molecule has 0 aliphatic carbocycles. The molecule has 0 saturated heterocycles. The molecule has 1 heterocycles. The normalized spacial score (nSPS) is 10.2. The van der Waals surface area contributed by atoms with Crippen LogP contribution in [0.2, 0.25) is 0 Å². The van der Waals surface area contributed by atoms with E-state index in [0.717, 1.165) is 11.3 Å². The Labute approximate surface area is 129 Å². The second kappa shape index (κ2) is 8.72. The Balaban J connectivity index is 1.95. The molecule has 114 valence electrons. The van der Waals surface area contributed by atoms with Gasteiger partial charge in [-0.25, -0.2) is 9.97 Å². The number of nitrogens with one attached hydrogen (secondary N) is 1. The van der Waals surface area contributed by atoms with E-state index >= 15 is 0 Å². The van der Waals surface area contributed by atoms with Gasteiger partial charge in [0.25, 0.3) is 0 Å². The third-order valence-corrected chi connectivity index (χ3v) is 2.84. The predicted octanol–water partition coefficient (Wildman–Crippen LogP) is 2.64. The van der Waals surface area contributed by atoms with Crippen molar-refractivity contribution >= 4 is 11.5 Å². The molecule has 0 aliphatic rings. The van der Waals surface area contributed by atoms with Crippen LogP contribution in [0.3, 0.4) is 0 Å². The van der Waals surface area contributed by atoms with Gasteiger partial charge in [-0.2, -0.15) is 5.26 Å². The van der Waals surface area contributed by atoms with E-state index in [4.69, 9.17) is 14.7 Å². The molecule has 1 aromatic carbocycles. The third-order valence-electron chi connectivity index (χ3n) is 2.84. The fourth-order valence-corrected chi connectivity index (χ4v) is 1.84. The van der Waals surface area contributed by atoms with Gasteiger partial charge in [-0.05, 0) is 24.6 Å². The van der Waals surface area contributed by atoms with Gasteiger partial charge in [0.05, 0.1) is 19.8 Å². The molecule has 0 atom stereocenters. The summed E-state index contributed by atoms with van der Waals surface area (Å²) in [5.74, 6) is 0.444. The molecule has 0 saturated carbocycles. The first-order chi connectivity index (χ1) is 10.8. The molecular formula is C16H18N4O2. The smallest absolute Gasteiger partial charge is 0.183 e. The zero-order chi connectivity index (χ0) is 15.6. The highest BCUT2D eigenvalue weighted by Crippen LogP contribution is 2.18. The van der Waals surface area contributed by atoms with Crippen molar-refractivity contribution < 1.29 is 9.47 Å². The summed E-state index contributed by atoms with van der Waals surface area (Å²) in [6.45, 7) is 4.32. The number of rotatable bonds is 8. The Bertz CT molecular complexity index is 640. The largest absolute Gasteiger partial charge is 0.379 e. The zero-order valence-electron chi connectivity index (χ0n) is 12.5. The van der Waals surface area contributed by atoms with Crippen molar-refractivity contribution in [1.29, 1.82) is 5.26 Å². The monoisotopic (exact) mass is 298 g/mol. The first kappa shape index (κ1) is 15.9. The Morgan fingerprint density at radius 2 is 2.00 bits per heavy atom. The number of nitrogens with zero attached hydrogens (tertiary/aromatic N) is 3. The summed E-state index contributed by atoms with van der Waals surface area (Å²) < 4.78 is 10.8. The summed E-state index contributed by atoms with van der Waals surface area (Å²) in [4.78, 5) is 8.10. The number of nitriles is 1. The van der Waals surface area contributed by atoms with Crippen molar-refractivity contribution in [1.82, 2.24) is 9.97 Å². The van der Waals surface area contributed by atoms with Crippen LogP contribution in [0, 0.1) is 11.3 Å². The molecule has 0 spiro atoms. The maximum Gasteiger partial charge on any atom is 0.183 e. The topological polar surface area (TPSA) is 80.1 Å². The third kappa shape index (κ3) is 4.81. The number of anilines is 2. The lowest BCUT2D eigenvalue weighted by molar-refractivity contribution is 0.0453. The second-order valence-corrected chi connectivity index (χ2v) is 4.44. The number of ether oxygens (including phenoxy) is 2. The summed E-state index contributed by atoms with van der Waals surface area (Å²) in [7, 11) is 0. The molecule has 2 aromatic rings. The number of hydrogen-bond acceptors (Lipinski definition) is 6. The first-order valence-electron chi connectivity index (χ1n) is 7.06. The van der Waals surface area contributed by atoms with Gasteiger partial charge < -0.3 is 14.8 Å². The van der Waals surface area contributed by atoms with Gasteiger partial charge in [0.2, 0.25) is 0 Å². The molecule has 0 aliphatic heterocycles. The minimum Gasteiger partial charge on any atom is -0.379 e. The van der Waals surface area contributed by atoms with Crippen LogP contribution in [0.15, 0.2) is 36.7 Å². The van der Waals surface area contributed by atoms with Crippen molar-refractivity contribution in [2.24, 2.45) is 0 Å². The highest BCUT2D eigenvalue weighted by atomic mass is 16.5. The lowest BCUT2D eigenvalue weighted by Crippen LogP contribution is -2.04. The van der Waals surface area contributed by atoms with E-state index in [9.17, 15) is 0 Å². The van der Waals surface area contributed by atoms with Crippen LogP contribution >= 0.6 is 0 Å². The van der Waals surface area contributed by atoms with Crippen LogP contribution in [0.5, 0.6) is 0 Å². The lowest BCUT2D eigenvalue weighted by Gasteiger charge is -2.09. The lowest BCUT2D eigenvalue weighted by atomic mass is 10.2. The van der Waals surface area contributed by atoms with Crippen molar-refractivity contribution in [3.05, 3.63) is 47.9 Å². The van der Waals surface area contributed by atoms with Gasteiger partial charge in [0.15, 0.2) is 11.5 Å². The fraction of sp³-hybridized carbons (Fsp3) is 0.312. The van der Waals surface area contributed by atoms with E-state index in [0.29, 0.717) is 32.2 Å². The minimum atomic E-state index is 0.265. The quantitative estimate of drug-likeness (QED) is 0.755. The molecule has 22 heavy (non-hydrogen) atoms. The first-order valence-corrected chi connectivity index (χ1v) is 7.06. The van der Waals surface area contributed by atoms with E-state index in [1.54, 1.807) is 6.20 Å². The molecular weight excluding hydrogens is 280 g/mol. The molecule has 0 amide bonds. The fourth-order valence-electron chi connectivity index (χ4n) is 1.84. The van der Waals surface area contributed by atoms with E-state index in [1.165, 1.54) is 6.20 Å². The Morgan fingerprint density at radius 3 is 2.82 bits per heavy atom. The van der Waals surface area contributed by atoms with Gasteiger partial charge in [-0.1, -0.05) is 12.1 Å². The molecule has 0 bridgehead atoms. The van der Waals surface area contributed by atoms with Crippen molar-refractivity contribution in [2.45, 2.75) is 13.5 Å². The van der Waals surface area contributed by atoms with E-state index in [1.807, 2.05) is 37.3 Å². The predicted molar refractivity (Wildman–Crippen MR) is 82.6 cm³/mol. The van der Waals surface area contributed by atoms with Crippen LogP contribution in [0.4, 0.5) is 11.5 Å². The van der Waals surface area contributed by atoms with Crippen molar-refractivity contribution in [3.63, 3.8) is 0 Å². The highest BCUT2D eigenvalue weighted by Gasteiger charge is 2.04. The second-order valence-electron chi connectivity index (χ2n) is 4.44. The SMILES string of the molecule is CCOCCOCc1cccc(Nc2nccnc2C#N)c1. The van der Waals surface area contributed by atoms with Gasteiger partial charge in [0.1, 0.15) is 6.07 Å². The summed E-state index contributed by atoms with van der Waals surface area (Å²) in [5, 5.41) is 12.1. The van der Waals surface area contributed by atoms with Gasteiger partial charge in [0, 0.05) is 24.7 Å². The number of aromatic nitrogens is 2. The maximum atomic E-state index is 9.01. The van der Waals surface area contributed by atoms with Crippen LogP contribution in [0.1, 0.15) is 18.2 Å². The van der Waals surface area contributed by atoms with Gasteiger partial charge in [-0.15, -0.1) is 0 Å². The van der Waals surface area contributed by atoms with Crippen LogP contribution in [0.25, 0.3) is 0 Å². The average Bonchev–Trinajstić information content (AvgIpc) is 2.55. The molecule has 0 unspecified atom stereocenters. The van der Waals surface area contributed by atoms with Gasteiger partial charge >= 0.3 is 0 Å². The number of hydrogen-bond donors (Lipinski definition) is 1. The highest BCUT2D eigenvalue weighted by molar-refractivity contribution is 5.60. The van der Waals surface area contributed by atoms with Crippen LogP contribution in [-0.2, 0) is 16.1 Å². The summed E-state index contributed by atoms with van der Waals surface area (Å²) in [6.07, 6.45) is 3.04. The Kier molecular flexibility index (Phi) is 6.30. The molecule has 1 N–H and O–H groups in total. The van der Waals surface area contributed by atoms with Crippen molar-refractivity contribution in [2.75, 3.05) is 25.1 Å². The van der Waals surface area contributed by atoms with Crippen LogP contribution in [-0.4, -0.2) is 29.8 Å². The Morgan fingerprint density at radius 1 is 1.18 bits per heavy atom. The summed E-state index contributed by atoms with van der Waals surface area (Å²) >= 11 is 0.